The van der Waals surface area contributed by atoms with Crippen molar-refractivity contribution in [3.8, 4) is 0 Å². The number of aryl methyl sites for hydroxylation is 2. The van der Waals surface area contributed by atoms with Gasteiger partial charge in [0.1, 0.15) is 30.5 Å². The average Bonchev–Trinajstić information content (AvgIpc) is 3.86. The zero-order valence-electron chi connectivity index (χ0n) is 46.1. The van der Waals surface area contributed by atoms with Crippen LogP contribution in [0, 0.1) is 33.8 Å². The third-order valence-electron chi connectivity index (χ3n) is 14.9. The van der Waals surface area contributed by atoms with E-state index in [0.717, 1.165) is 5.56 Å². The van der Waals surface area contributed by atoms with Crippen molar-refractivity contribution < 1.29 is 77.6 Å². The maximum Gasteiger partial charge on any atom is 0.308 e. The van der Waals surface area contributed by atoms with Gasteiger partial charge in [-0.15, -0.1) is 5.10 Å². The Balaban J connectivity index is 1.39. The number of benzene rings is 1. The number of ether oxygens (including phenoxy) is 9. The van der Waals surface area contributed by atoms with Crippen molar-refractivity contribution in [3.63, 3.8) is 0 Å². The van der Waals surface area contributed by atoms with E-state index in [1.165, 1.54) is 32.4 Å². The summed E-state index contributed by atoms with van der Waals surface area (Å²) in [5.41, 5.74) is 2.30. The predicted molar refractivity (Wildman–Crippen MR) is 276 cm³/mol. The Morgan fingerprint density at radius 3 is 2.17 bits per heavy atom. The molecule has 0 saturated carbocycles. The van der Waals surface area contributed by atoms with Gasteiger partial charge in [0, 0.05) is 89.4 Å². The fourth-order valence-corrected chi connectivity index (χ4v) is 10.4. The minimum Gasteiger partial charge on any atom is -0.462 e. The number of aromatic nitrogens is 3. The van der Waals surface area contributed by atoms with Crippen molar-refractivity contribution in [2.24, 2.45) is 23.7 Å². The molecular weight excluding hydrogens is 991 g/mol. The Kier molecular flexibility index (Phi) is 25.0. The monoisotopic (exact) mass is 1080 g/mol. The van der Waals surface area contributed by atoms with E-state index in [1.54, 1.807) is 50.7 Å². The van der Waals surface area contributed by atoms with E-state index in [0.29, 0.717) is 56.8 Å². The van der Waals surface area contributed by atoms with Crippen molar-refractivity contribution in [3.05, 3.63) is 75.6 Å². The van der Waals surface area contributed by atoms with Crippen LogP contribution in [-0.4, -0.2) is 191 Å². The number of hydrogen-bond donors (Lipinski definition) is 4. The molecule has 1 aromatic carbocycles. The number of methoxy groups -OCH3 is 2. The van der Waals surface area contributed by atoms with Crippen LogP contribution in [0.5, 0.6) is 0 Å². The summed E-state index contributed by atoms with van der Waals surface area (Å²) < 4.78 is 56.6. The van der Waals surface area contributed by atoms with Gasteiger partial charge in [-0.2, -0.15) is 0 Å². The number of nitrogens with zero attached hydrogens (tertiary/aromatic N) is 5. The van der Waals surface area contributed by atoms with Crippen LogP contribution in [0.2, 0.25) is 0 Å². The molecule has 22 heteroatoms. The first-order valence-corrected chi connectivity index (χ1v) is 26.7. The molecule has 0 radical (unpaired) electrons. The van der Waals surface area contributed by atoms with E-state index in [-0.39, 0.29) is 30.9 Å². The molecule has 2 fully saturated rings. The molecule has 5 rings (SSSR count). The normalized spacial score (nSPS) is 34.5. The van der Waals surface area contributed by atoms with E-state index in [9.17, 15) is 40.1 Å². The highest BCUT2D eigenvalue weighted by atomic mass is 16.7. The molecule has 22 nitrogen and oxygen atoms in total. The average molecular weight is 1080 g/mol. The van der Waals surface area contributed by atoms with E-state index >= 15 is 0 Å². The molecule has 2 aromatic rings. The summed E-state index contributed by atoms with van der Waals surface area (Å²) >= 11 is 0. The molecule has 0 spiro atoms. The Labute approximate surface area is 447 Å². The highest BCUT2D eigenvalue weighted by Gasteiger charge is 2.49. The zero-order chi connectivity index (χ0) is 55.8. The molecule has 11 unspecified atom stereocenters. The van der Waals surface area contributed by atoms with Crippen LogP contribution in [0.4, 0.5) is 5.69 Å². The molecule has 0 bridgehead atoms. The van der Waals surface area contributed by atoms with Gasteiger partial charge in [-0.25, -0.2) is 0 Å². The van der Waals surface area contributed by atoms with Crippen LogP contribution >= 0.6 is 0 Å². The minimum atomic E-state index is -1.42. The van der Waals surface area contributed by atoms with Gasteiger partial charge in [-0.1, -0.05) is 55.8 Å². The molecule has 0 aliphatic carbocycles. The SMILES string of the molecule is CCOC(C[C@H]1C[C@@H](C)C(=O)/C=C/C(C)=C/[C@H](COC2OC(C)C(O)C(OC)C2OC)C(CC)OC(=O)C[C@@H](O)[C@H](C)[C@H]1OC1OC(C)C(O)C(N(C)CCc2cn(CCc3ccc([N+](=O)[O-])cc3)nn2)C1O)OCC. The van der Waals surface area contributed by atoms with Crippen LogP contribution in [-0.2, 0) is 71.6 Å². The van der Waals surface area contributed by atoms with E-state index in [1.807, 2.05) is 51.8 Å². The predicted octanol–water partition coefficient (Wildman–Crippen LogP) is 4.12. The van der Waals surface area contributed by atoms with Gasteiger partial charge in [-0.3, -0.25) is 29.3 Å². The number of aliphatic hydroxyl groups is 4. The highest BCUT2D eigenvalue weighted by Crippen LogP contribution is 2.36. The third kappa shape index (κ3) is 17.2. The molecule has 0 amide bonds. The number of rotatable bonds is 22. The van der Waals surface area contributed by atoms with Crippen molar-refractivity contribution in [1.29, 1.82) is 0 Å². The summed E-state index contributed by atoms with van der Waals surface area (Å²) in [7, 11) is 4.71. The molecular formula is C54H85N5O17. The molecule has 3 aliphatic heterocycles. The Morgan fingerprint density at radius 1 is 0.882 bits per heavy atom. The molecule has 3 aliphatic rings. The fourth-order valence-electron chi connectivity index (χ4n) is 10.4. The number of cyclic esters (lactones) is 1. The van der Waals surface area contributed by atoms with Gasteiger partial charge in [0.25, 0.3) is 5.69 Å². The second-order valence-corrected chi connectivity index (χ2v) is 20.4. The lowest BCUT2D eigenvalue weighted by atomic mass is 9.79. The van der Waals surface area contributed by atoms with Gasteiger partial charge in [-0.05, 0) is 78.5 Å². The van der Waals surface area contributed by atoms with Crippen LogP contribution in [0.1, 0.15) is 92.3 Å². The highest BCUT2D eigenvalue weighted by molar-refractivity contribution is 5.91. The van der Waals surface area contributed by atoms with Gasteiger partial charge in [0.05, 0.1) is 60.2 Å². The quantitative estimate of drug-likeness (QED) is 0.0559. The standard InChI is InChI=1S/C54H85N5O17/c1-12-43-38(30-72-54-52(69-11)51(68-10)48(64)35(8)74-54)25-31(4)15-20-41(60)32(5)26-37(27-45(70-13-2)71-14-3)50(33(6)42(61)28-44(62)75-43)76-53-49(65)46(47(63)34(7)73-53)57(9)23-22-39-29-58(56-55-39)24-21-36-16-18-40(19-17-36)59(66)67/h15-20,25,29,32-35,37-38,42-43,45-54,61,63-65H,12-14,21-24,26-28,30H2,1-11H3/b20-15+,31-25+/t32-,33+,34?,35?,37-,38-,42-,43?,46?,47?,48?,49?,50-,51?,52?,53?,54?/m1/s1. The first-order valence-electron chi connectivity index (χ1n) is 26.7. The number of aliphatic hydroxyl groups excluding tert-OH is 4. The van der Waals surface area contributed by atoms with Gasteiger partial charge < -0.3 is 63.1 Å². The third-order valence-corrected chi connectivity index (χ3v) is 14.9. The van der Waals surface area contributed by atoms with Crippen LogP contribution in [0.15, 0.2) is 54.3 Å². The summed E-state index contributed by atoms with van der Waals surface area (Å²) in [5, 5.41) is 66.3. The number of hydrogen-bond acceptors (Lipinski definition) is 20. The maximum atomic E-state index is 14.1. The molecule has 76 heavy (non-hydrogen) atoms. The number of carbonyl (C=O) groups excluding carboxylic acids is 2. The Morgan fingerprint density at radius 2 is 1.54 bits per heavy atom. The largest absolute Gasteiger partial charge is 0.462 e. The number of ketones is 1. The molecule has 4 heterocycles. The molecule has 2 saturated heterocycles. The number of esters is 1. The first-order chi connectivity index (χ1) is 36.2. The van der Waals surface area contributed by atoms with Crippen molar-refractivity contribution in [2.45, 2.75) is 186 Å². The van der Waals surface area contributed by atoms with Gasteiger partial charge in [0.2, 0.25) is 0 Å². The van der Waals surface area contributed by atoms with E-state index in [4.69, 9.17) is 42.6 Å². The number of likely N-dealkylation sites (N-methyl/N-ethyl adjacent to an activating group) is 1. The Hall–Kier alpha value is -4.14. The summed E-state index contributed by atoms with van der Waals surface area (Å²) in [6, 6.07) is 5.46. The molecule has 1 aromatic heterocycles. The van der Waals surface area contributed by atoms with Crippen molar-refractivity contribution in [2.75, 3.05) is 47.6 Å². The summed E-state index contributed by atoms with van der Waals surface area (Å²) in [6.45, 7) is 15.8. The number of allylic oxidation sites excluding steroid dienone is 3. The maximum absolute atomic E-state index is 14.1. The second-order valence-electron chi connectivity index (χ2n) is 20.4. The van der Waals surface area contributed by atoms with Crippen molar-refractivity contribution >= 4 is 17.4 Å². The van der Waals surface area contributed by atoms with Crippen LogP contribution < -0.4 is 0 Å². The number of nitro groups is 1. The topological polar surface area (TPSA) is 275 Å². The van der Waals surface area contributed by atoms with Crippen molar-refractivity contribution in [1.82, 2.24) is 19.9 Å². The smallest absolute Gasteiger partial charge is 0.308 e. The molecule has 17 atom stereocenters. The van der Waals surface area contributed by atoms with Gasteiger partial charge in [0.15, 0.2) is 24.7 Å². The number of non-ortho nitro benzene ring substituents is 1. The lowest BCUT2D eigenvalue weighted by Gasteiger charge is -2.47. The first kappa shape index (κ1) is 62.7. The molecule has 428 valence electrons. The lowest BCUT2D eigenvalue weighted by molar-refractivity contribution is -0.384. The van der Waals surface area contributed by atoms with E-state index in [2.05, 4.69) is 10.3 Å². The zero-order valence-corrected chi connectivity index (χ0v) is 46.1. The summed E-state index contributed by atoms with van der Waals surface area (Å²) in [4.78, 5) is 40.6. The number of carbonyl (C=O) groups is 2. The second kappa shape index (κ2) is 30.3. The summed E-state index contributed by atoms with van der Waals surface area (Å²) in [6.07, 6.45) is -4.39. The van der Waals surface area contributed by atoms with E-state index < -0.39 is 127 Å². The summed E-state index contributed by atoms with van der Waals surface area (Å²) in [5.74, 6) is -3.43. The lowest BCUT2D eigenvalue weighted by Crippen LogP contribution is -2.64. The minimum absolute atomic E-state index is 0.00905. The number of nitro benzene ring substituents is 1. The van der Waals surface area contributed by atoms with Crippen LogP contribution in [0.25, 0.3) is 0 Å². The van der Waals surface area contributed by atoms with Gasteiger partial charge >= 0.3 is 5.97 Å². The Bertz CT molecular complexity index is 2160. The fraction of sp³-hybridized carbons (Fsp3) is 0.741. The molecule has 4 N–H and O–H groups in total. The van der Waals surface area contributed by atoms with Crippen LogP contribution in [0.3, 0.4) is 0 Å².